The van der Waals surface area contributed by atoms with Crippen molar-refractivity contribution in [3.63, 3.8) is 0 Å². The first-order valence-electron chi connectivity index (χ1n) is 6.63. The van der Waals surface area contributed by atoms with Gasteiger partial charge in [0.25, 0.3) is 0 Å². The molecule has 0 spiro atoms. The van der Waals surface area contributed by atoms with Crippen LogP contribution in [0.4, 0.5) is 0 Å². The van der Waals surface area contributed by atoms with Crippen LogP contribution in [0.3, 0.4) is 0 Å². The smallest absolute Gasteiger partial charge is 0.00773 e. The SMILES string of the molecule is NCCCCCC1CCCCCCC1. The molecule has 1 fully saturated rings. The standard InChI is InChI=1S/C13H27N/c14-12-8-4-7-11-13-9-5-2-1-3-6-10-13/h13H,1-12,14H2. The highest BCUT2D eigenvalue weighted by atomic mass is 14.5. The molecule has 1 nitrogen and oxygen atoms in total. The van der Waals surface area contributed by atoms with E-state index in [4.69, 9.17) is 5.73 Å². The molecular weight excluding hydrogens is 170 g/mol. The minimum absolute atomic E-state index is 0.880. The molecule has 84 valence electrons. The van der Waals surface area contributed by atoms with Crippen molar-refractivity contribution in [3.05, 3.63) is 0 Å². The minimum atomic E-state index is 0.880. The van der Waals surface area contributed by atoms with Crippen molar-refractivity contribution in [2.45, 2.75) is 70.6 Å². The molecule has 0 saturated heterocycles. The first-order chi connectivity index (χ1) is 6.93. The lowest BCUT2D eigenvalue weighted by Gasteiger charge is -2.19. The monoisotopic (exact) mass is 197 g/mol. The molecule has 1 rings (SSSR count). The van der Waals surface area contributed by atoms with E-state index in [0.29, 0.717) is 0 Å². The maximum atomic E-state index is 5.49. The summed E-state index contributed by atoms with van der Waals surface area (Å²) in [4.78, 5) is 0. The number of nitrogens with two attached hydrogens (primary N) is 1. The molecule has 0 aromatic heterocycles. The van der Waals surface area contributed by atoms with Gasteiger partial charge in [-0.15, -0.1) is 0 Å². The number of hydrogen-bond acceptors (Lipinski definition) is 1. The molecule has 1 aliphatic rings. The van der Waals surface area contributed by atoms with Crippen molar-refractivity contribution in [1.82, 2.24) is 0 Å². The van der Waals surface area contributed by atoms with E-state index in [0.717, 1.165) is 12.5 Å². The van der Waals surface area contributed by atoms with Crippen LogP contribution in [0.15, 0.2) is 0 Å². The maximum absolute atomic E-state index is 5.49. The molecule has 1 saturated carbocycles. The van der Waals surface area contributed by atoms with Gasteiger partial charge < -0.3 is 5.73 Å². The summed E-state index contributed by atoms with van der Waals surface area (Å²) in [7, 11) is 0. The van der Waals surface area contributed by atoms with Gasteiger partial charge in [-0.25, -0.2) is 0 Å². The molecule has 0 radical (unpaired) electrons. The third kappa shape index (κ3) is 5.64. The average molecular weight is 197 g/mol. The zero-order valence-electron chi connectivity index (χ0n) is 9.64. The Morgan fingerprint density at radius 2 is 1.43 bits per heavy atom. The minimum Gasteiger partial charge on any atom is -0.330 e. The van der Waals surface area contributed by atoms with Crippen LogP contribution in [0.1, 0.15) is 70.6 Å². The second-order valence-corrected chi connectivity index (χ2v) is 4.85. The summed E-state index contributed by atoms with van der Waals surface area (Å²) >= 11 is 0. The Bertz CT molecular complexity index is 114. The maximum Gasteiger partial charge on any atom is -0.00773 e. The summed E-state index contributed by atoms with van der Waals surface area (Å²) in [6, 6.07) is 0. The molecule has 0 unspecified atom stereocenters. The van der Waals surface area contributed by atoms with Crippen LogP contribution < -0.4 is 5.73 Å². The lowest BCUT2D eigenvalue weighted by molar-refractivity contribution is 0.348. The molecule has 1 aliphatic carbocycles. The lowest BCUT2D eigenvalue weighted by Crippen LogP contribution is -2.04. The Kier molecular flexibility index (Phi) is 7.12. The normalized spacial score (nSPS) is 20.4. The van der Waals surface area contributed by atoms with Gasteiger partial charge in [0.05, 0.1) is 0 Å². The highest BCUT2D eigenvalue weighted by Gasteiger charge is 2.10. The van der Waals surface area contributed by atoms with E-state index in [9.17, 15) is 0 Å². The van der Waals surface area contributed by atoms with E-state index in [1.54, 1.807) is 0 Å². The molecular formula is C13H27N. The van der Waals surface area contributed by atoms with E-state index in [2.05, 4.69) is 0 Å². The Hall–Kier alpha value is -0.0400. The van der Waals surface area contributed by atoms with Crippen LogP contribution in [-0.4, -0.2) is 6.54 Å². The molecule has 2 N–H and O–H groups in total. The first kappa shape index (κ1) is 12.0. The fraction of sp³-hybridized carbons (Fsp3) is 1.00. The van der Waals surface area contributed by atoms with E-state index in [1.807, 2.05) is 0 Å². The van der Waals surface area contributed by atoms with E-state index < -0.39 is 0 Å². The third-order valence-corrected chi connectivity index (χ3v) is 3.54. The van der Waals surface area contributed by atoms with E-state index in [-0.39, 0.29) is 0 Å². The zero-order chi connectivity index (χ0) is 10.1. The van der Waals surface area contributed by atoms with Crippen LogP contribution in [0.25, 0.3) is 0 Å². The van der Waals surface area contributed by atoms with Crippen LogP contribution >= 0.6 is 0 Å². The predicted molar refractivity (Wildman–Crippen MR) is 63.3 cm³/mol. The highest BCUT2D eigenvalue weighted by molar-refractivity contribution is 4.64. The van der Waals surface area contributed by atoms with Crippen molar-refractivity contribution in [3.8, 4) is 0 Å². The van der Waals surface area contributed by atoms with E-state index >= 15 is 0 Å². The summed E-state index contributed by atoms with van der Waals surface area (Å²) in [5.74, 6) is 1.05. The molecule has 0 aromatic rings. The molecule has 0 heterocycles. The summed E-state index contributed by atoms with van der Waals surface area (Å²) < 4.78 is 0. The van der Waals surface area contributed by atoms with Crippen molar-refractivity contribution in [2.75, 3.05) is 6.54 Å². The topological polar surface area (TPSA) is 26.0 Å². The second kappa shape index (κ2) is 8.28. The van der Waals surface area contributed by atoms with Crippen LogP contribution in [0.2, 0.25) is 0 Å². The van der Waals surface area contributed by atoms with Crippen LogP contribution in [0.5, 0.6) is 0 Å². The lowest BCUT2D eigenvalue weighted by atomic mass is 9.87. The zero-order valence-corrected chi connectivity index (χ0v) is 9.64. The average Bonchev–Trinajstić information content (AvgIpc) is 2.15. The van der Waals surface area contributed by atoms with Crippen LogP contribution in [0, 0.1) is 5.92 Å². The summed E-state index contributed by atoms with van der Waals surface area (Å²) in [5, 5.41) is 0. The Morgan fingerprint density at radius 1 is 0.786 bits per heavy atom. The van der Waals surface area contributed by atoms with Crippen molar-refractivity contribution in [2.24, 2.45) is 11.7 Å². The molecule has 0 bridgehead atoms. The van der Waals surface area contributed by atoms with Gasteiger partial charge in [-0.2, -0.15) is 0 Å². The summed E-state index contributed by atoms with van der Waals surface area (Å²) in [6.07, 6.45) is 15.9. The van der Waals surface area contributed by atoms with Crippen molar-refractivity contribution >= 4 is 0 Å². The largest absolute Gasteiger partial charge is 0.330 e. The van der Waals surface area contributed by atoms with E-state index in [1.165, 1.54) is 70.6 Å². The Morgan fingerprint density at radius 3 is 2.07 bits per heavy atom. The molecule has 0 aliphatic heterocycles. The van der Waals surface area contributed by atoms with Crippen molar-refractivity contribution < 1.29 is 0 Å². The first-order valence-corrected chi connectivity index (χ1v) is 6.63. The summed E-state index contributed by atoms with van der Waals surface area (Å²) in [5.41, 5.74) is 5.49. The molecule has 0 atom stereocenters. The molecule has 14 heavy (non-hydrogen) atoms. The summed E-state index contributed by atoms with van der Waals surface area (Å²) in [6.45, 7) is 0.880. The quantitative estimate of drug-likeness (QED) is 0.665. The predicted octanol–water partition coefficient (Wildman–Crippen LogP) is 3.87. The second-order valence-electron chi connectivity index (χ2n) is 4.85. The molecule has 1 heteroatoms. The fourth-order valence-electron chi connectivity index (χ4n) is 2.58. The number of rotatable bonds is 5. The fourth-order valence-corrected chi connectivity index (χ4v) is 2.58. The highest BCUT2D eigenvalue weighted by Crippen LogP contribution is 2.26. The molecule has 0 aromatic carbocycles. The third-order valence-electron chi connectivity index (χ3n) is 3.54. The van der Waals surface area contributed by atoms with Gasteiger partial charge >= 0.3 is 0 Å². The van der Waals surface area contributed by atoms with Crippen LogP contribution in [-0.2, 0) is 0 Å². The van der Waals surface area contributed by atoms with Gasteiger partial charge in [-0.1, -0.05) is 64.2 Å². The van der Waals surface area contributed by atoms with Gasteiger partial charge in [0, 0.05) is 0 Å². The Labute approximate surface area is 89.5 Å². The van der Waals surface area contributed by atoms with Gasteiger partial charge in [0.1, 0.15) is 0 Å². The van der Waals surface area contributed by atoms with Gasteiger partial charge in [-0.05, 0) is 18.9 Å². The number of unbranched alkanes of at least 4 members (excludes halogenated alkanes) is 2. The Balaban J connectivity index is 2.02. The molecule has 0 amide bonds. The van der Waals surface area contributed by atoms with Gasteiger partial charge in [-0.3, -0.25) is 0 Å². The van der Waals surface area contributed by atoms with Gasteiger partial charge in [0.2, 0.25) is 0 Å². The van der Waals surface area contributed by atoms with Gasteiger partial charge in [0.15, 0.2) is 0 Å². The van der Waals surface area contributed by atoms with Crippen molar-refractivity contribution in [1.29, 1.82) is 0 Å². The number of hydrogen-bond donors (Lipinski definition) is 1.